The van der Waals surface area contributed by atoms with E-state index >= 15 is 0 Å². The molecule has 38 heavy (non-hydrogen) atoms. The van der Waals surface area contributed by atoms with E-state index in [2.05, 4.69) is 102 Å². The number of fused-ring (bicyclic) bond motifs is 1. The fourth-order valence-electron chi connectivity index (χ4n) is 5.05. The molecule has 0 unspecified atom stereocenters. The molecule has 0 amide bonds. The van der Waals surface area contributed by atoms with Gasteiger partial charge in [-0.25, -0.2) is 4.98 Å². The van der Waals surface area contributed by atoms with Crippen molar-refractivity contribution >= 4 is 35.2 Å². The van der Waals surface area contributed by atoms with Crippen LogP contribution in [-0.2, 0) is 0 Å². The number of allylic oxidation sites excluding steroid dienone is 6. The Morgan fingerprint density at radius 3 is 2.11 bits per heavy atom. The molecule has 2 aromatic carbocycles. The Kier molecular flexibility index (Phi) is 8.88. The van der Waals surface area contributed by atoms with Crippen molar-refractivity contribution in [3.63, 3.8) is 0 Å². The lowest BCUT2D eigenvalue weighted by atomic mass is 9.82. The molecule has 5 rings (SSSR count). The van der Waals surface area contributed by atoms with Crippen molar-refractivity contribution in [3.05, 3.63) is 144 Å². The van der Waals surface area contributed by atoms with Crippen molar-refractivity contribution in [2.75, 3.05) is 0 Å². The Hall–Kier alpha value is -4.30. The molecule has 2 nitrogen and oxygen atoms in total. The Morgan fingerprint density at radius 1 is 0.605 bits per heavy atom. The third kappa shape index (κ3) is 7.14. The zero-order valence-corrected chi connectivity index (χ0v) is 21.8. The molecule has 2 aromatic heterocycles. The van der Waals surface area contributed by atoms with E-state index in [0.29, 0.717) is 5.92 Å². The second-order valence-corrected chi connectivity index (χ2v) is 9.77. The highest BCUT2D eigenvalue weighted by Crippen LogP contribution is 2.37. The third-order valence-corrected chi connectivity index (χ3v) is 6.99. The molecule has 4 aromatic rings. The van der Waals surface area contributed by atoms with Gasteiger partial charge in [0.1, 0.15) is 0 Å². The summed E-state index contributed by atoms with van der Waals surface area (Å²) in [4.78, 5) is 9.13. The van der Waals surface area contributed by atoms with Crippen LogP contribution in [0.15, 0.2) is 116 Å². The molecule has 0 bridgehead atoms. The van der Waals surface area contributed by atoms with Crippen LogP contribution in [-0.4, -0.2) is 9.97 Å². The van der Waals surface area contributed by atoms with Gasteiger partial charge in [-0.15, -0.1) is 0 Å². The van der Waals surface area contributed by atoms with Crippen LogP contribution in [0.3, 0.4) is 0 Å². The van der Waals surface area contributed by atoms with Crippen LogP contribution in [0, 0.1) is 0 Å². The number of rotatable bonds is 8. The number of hydrogen-bond donors (Lipinski definition) is 0. The first-order valence-corrected chi connectivity index (χ1v) is 13.6. The SMILES string of the molecule is C(=CC=Cc1cc(C2CCCCC2)c2cc(C=CC=Cc3ccccc3)ccc2n1)C=Cc1cccnc1. The van der Waals surface area contributed by atoms with Crippen LogP contribution in [0.25, 0.3) is 35.2 Å². The molecular formula is C36H34N2. The van der Waals surface area contributed by atoms with E-state index < -0.39 is 0 Å². The maximum Gasteiger partial charge on any atom is 0.0712 e. The minimum absolute atomic E-state index is 0.608. The largest absolute Gasteiger partial charge is 0.264 e. The number of aromatic nitrogens is 2. The van der Waals surface area contributed by atoms with Gasteiger partial charge in [-0.05, 0) is 71.4 Å². The van der Waals surface area contributed by atoms with E-state index in [9.17, 15) is 0 Å². The maximum atomic E-state index is 4.99. The fraction of sp³-hybridized carbons (Fsp3) is 0.167. The summed E-state index contributed by atoms with van der Waals surface area (Å²) in [6, 6.07) is 23.4. The highest BCUT2D eigenvalue weighted by Gasteiger charge is 2.19. The molecule has 188 valence electrons. The first-order valence-electron chi connectivity index (χ1n) is 13.6. The second-order valence-electron chi connectivity index (χ2n) is 9.77. The first kappa shape index (κ1) is 25.4. The molecular weight excluding hydrogens is 460 g/mol. The summed E-state index contributed by atoms with van der Waals surface area (Å²) in [6.07, 6.45) is 31.1. The van der Waals surface area contributed by atoms with Crippen LogP contribution in [0.4, 0.5) is 0 Å². The van der Waals surface area contributed by atoms with E-state index in [1.807, 2.05) is 36.5 Å². The number of benzene rings is 2. The van der Waals surface area contributed by atoms with Crippen LogP contribution in [0.1, 0.15) is 66.0 Å². The molecule has 1 saturated carbocycles. The molecule has 0 radical (unpaired) electrons. The van der Waals surface area contributed by atoms with E-state index in [4.69, 9.17) is 4.98 Å². The van der Waals surface area contributed by atoms with Crippen molar-refractivity contribution in [2.45, 2.75) is 38.0 Å². The maximum absolute atomic E-state index is 4.99. The van der Waals surface area contributed by atoms with Crippen LogP contribution in [0.5, 0.6) is 0 Å². The van der Waals surface area contributed by atoms with Crippen molar-refractivity contribution in [1.29, 1.82) is 0 Å². The fourth-order valence-corrected chi connectivity index (χ4v) is 5.05. The van der Waals surface area contributed by atoms with Gasteiger partial charge < -0.3 is 0 Å². The molecule has 1 aliphatic rings. The quantitative estimate of drug-likeness (QED) is 0.228. The van der Waals surface area contributed by atoms with E-state index in [0.717, 1.165) is 16.8 Å². The lowest BCUT2D eigenvalue weighted by molar-refractivity contribution is 0.445. The highest BCUT2D eigenvalue weighted by molar-refractivity contribution is 5.86. The summed E-state index contributed by atoms with van der Waals surface area (Å²) in [5.41, 5.74) is 7.05. The van der Waals surface area contributed by atoms with Gasteiger partial charge in [0.2, 0.25) is 0 Å². The van der Waals surface area contributed by atoms with Gasteiger partial charge in [0, 0.05) is 17.8 Å². The molecule has 0 aliphatic heterocycles. The lowest BCUT2D eigenvalue weighted by Gasteiger charge is -2.23. The van der Waals surface area contributed by atoms with Crippen molar-refractivity contribution in [2.24, 2.45) is 0 Å². The first-order chi connectivity index (χ1) is 18.8. The number of pyridine rings is 2. The highest BCUT2D eigenvalue weighted by atomic mass is 14.7. The van der Waals surface area contributed by atoms with Gasteiger partial charge in [-0.2, -0.15) is 0 Å². The molecule has 1 aliphatic carbocycles. The predicted molar refractivity (Wildman–Crippen MR) is 164 cm³/mol. The van der Waals surface area contributed by atoms with Crippen LogP contribution in [0.2, 0.25) is 0 Å². The molecule has 2 heterocycles. The summed E-state index contributed by atoms with van der Waals surface area (Å²) < 4.78 is 0. The van der Waals surface area contributed by atoms with E-state index in [-0.39, 0.29) is 0 Å². The van der Waals surface area contributed by atoms with Crippen LogP contribution < -0.4 is 0 Å². The number of nitrogens with zero attached hydrogens (tertiary/aromatic N) is 2. The van der Waals surface area contributed by atoms with Gasteiger partial charge in [-0.1, -0.05) is 116 Å². The average Bonchev–Trinajstić information content (AvgIpc) is 2.98. The zero-order chi connectivity index (χ0) is 25.8. The Balaban J connectivity index is 1.36. The second kappa shape index (κ2) is 13.3. The van der Waals surface area contributed by atoms with Crippen molar-refractivity contribution < 1.29 is 0 Å². The van der Waals surface area contributed by atoms with Crippen LogP contribution >= 0.6 is 0 Å². The van der Waals surface area contributed by atoms with Crippen molar-refractivity contribution in [3.8, 4) is 0 Å². The summed E-state index contributed by atoms with van der Waals surface area (Å²) >= 11 is 0. The monoisotopic (exact) mass is 494 g/mol. The Morgan fingerprint density at radius 2 is 1.32 bits per heavy atom. The molecule has 0 saturated heterocycles. The minimum Gasteiger partial charge on any atom is -0.264 e. The summed E-state index contributed by atoms with van der Waals surface area (Å²) in [5.74, 6) is 0.608. The van der Waals surface area contributed by atoms with Gasteiger partial charge in [0.05, 0.1) is 11.2 Å². The summed E-state index contributed by atoms with van der Waals surface area (Å²) in [5, 5.41) is 1.29. The van der Waals surface area contributed by atoms with Crippen molar-refractivity contribution in [1.82, 2.24) is 9.97 Å². The van der Waals surface area contributed by atoms with E-state index in [1.54, 1.807) is 6.20 Å². The Labute approximate surface area is 226 Å². The molecule has 0 spiro atoms. The summed E-state index contributed by atoms with van der Waals surface area (Å²) in [6.45, 7) is 0. The minimum atomic E-state index is 0.608. The molecule has 2 heteroatoms. The predicted octanol–water partition coefficient (Wildman–Crippen LogP) is 9.69. The van der Waals surface area contributed by atoms with Gasteiger partial charge in [0.15, 0.2) is 0 Å². The molecule has 0 N–H and O–H groups in total. The molecule has 1 fully saturated rings. The van der Waals surface area contributed by atoms with Gasteiger partial charge >= 0.3 is 0 Å². The standard InChI is InChI=1S/C36H34N2/c1(5-18-31-19-13-25-37-28-31)2-10-22-33-27-34(32-20-8-4-9-21-32)35-26-30(23-24-36(35)38-33)17-12-11-16-29-14-6-3-7-15-29/h1-3,5-7,10-19,22-28,32H,4,8-9,20-21H2. The smallest absolute Gasteiger partial charge is 0.0712 e. The lowest BCUT2D eigenvalue weighted by Crippen LogP contribution is -2.06. The molecule has 0 atom stereocenters. The third-order valence-electron chi connectivity index (χ3n) is 6.99. The van der Waals surface area contributed by atoms with Gasteiger partial charge in [-0.3, -0.25) is 4.98 Å². The van der Waals surface area contributed by atoms with E-state index in [1.165, 1.54) is 54.2 Å². The topological polar surface area (TPSA) is 25.8 Å². The average molecular weight is 495 g/mol. The van der Waals surface area contributed by atoms with Gasteiger partial charge in [0.25, 0.3) is 0 Å². The Bertz CT molecular complexity index is 1470. The zero-order valence-electron chi connectivity index (χ0n) is 21.8. The summed E-state index contributed by atoms with van der Waals surface area (Å²) in [7, 11) is 0. The number of hydrogen-bond acceptors (Lipinski definition) is 2. The normalized spacial score (nSPS) is 15.3.